The molecule has 0 spiro atoms. The summed E-state index contributed by atoms with van der Waals surface area (Å²) in [4.78, 5) is 16.1. The molecule has 2 N–H and O–H groups in total. The molecule has 1 aromatic heterocycles. The van der Waals surface area contributed by atoms with Gasteiger partial charge in [-0.1, -0.05) is 18.2 Å². The molecule has 1 amide bonds. The minimum Gasteiger partial charge on any atom is -0.325 e. The second-order valence-corrected chi connectivity index (χ2v) is 4.72. The fourth-order valence-corrected chi connectivity index (χ4v) is 1.89. The number of carbonyl (C=O) groups is 1. The van der Waals surface area contributed by atoms with Crippen LogP contribution in [0.15, 0.2) is 42.6 Å². The van der Waals surface area contributed by atoms with Crippen molar-refractivity contribution in [1.82, 2.24) is 10.3 Å². The first-order valence-corrected chi connectivity index (χ1v) is 6.63. The molecule has 0 saturated carbocycles. The number of amides is 1. The number of rotatable bonds is 5. The second kappa shape index (κ2) is 6.82. The molecular weight excluding hydrogens is 250 g/mol. The summed E-state index contributed by atoms with van der Waals surface area (Å²) in [7, 11) is 0. The van der Waals surface area contributed by atoms with E-state index in [1.807, 2.05) is 50.2 Å². The Morgan fingerprint density at radius 3 is 2.75 bits per heavy atom. The minimum absolute atomic E-state index is 0.0466. The Bertz CT molecular complexity index is 582. The fraction of sp³-hybridized carbons (Fsp3) is 0.250. The number of nitrogens with one attached hydrogen (secondary N) is 2. The highest BCUT2D eigenvalue weighted by Gasteiger charge is 2.05. The van der Waals surface area contributed by atoms with Crippen LogP contribution in [0.25, 0.3) is 0 Å². The van der Waals surface area contributed by atoms with E-state index in [9.17, 15) is 4.79 Å². The zero-order valence-electron chi connectivity index (χ0n) is 11.8. The van der Waals surface area contributed by atoms with Crippen molar-refractivity contribution in [2.75, 3.05) is 11.9 Å². The molecule has 0 saturated heterocycles. The number of hydrogen-bond donors (Lipinski definition) is 2. The molecule has 0 unspecified atom stereocenters. The highest BCUT2D eigenvalue weighted by atomic mass is 16.1. The summed E-state index contributed by atoms with van der Waals surface area (Å²) in [5.41, 5.74) is 4.07. The number of benzene rings is 1. The van der Waals surface area contributed by atoms with E-state index in [-0.39, 0.29) is 12.5 Å². The average molecular weight is 269 g/mol. The van der Waals surface area contributed by atoms with Crippen LogP contribution in [0.4, 0.5) is 5.69 Å². The number of hydrogen-bond acceptors (Lipinski definition) is 3. The molecule has 4 nitrogen and oxygen atoms in total. The molecule has 0 fully saturated rings. The number of nitrogens with zero attached hydrogens (tertiary/aromatic N) is 1. The van der Waals surface area contributed by atoms with Crippen molar-refractivity contribution in [2.45, 2.75) is 20.4 Å². The van der Waals surface area contributed by atoms with Crippen LogP contribution in [0.5, 0.6) is 0 Å². The minimum atomic E-state index is -0.0466. The van der Waals surface area contributed by atoms with E-state index in [1.54, 1.807) is 6.20 Å². The van der Waals surface area contributed by atoms with Crippen LogP contribution in [-0.2, 0) is 11.3 Å². The van der Waals surface area contributed by atoms with Crippen LogP contribution >= 0.6 is 0 Å². The molecule has 4 heteroatoms. The molecule has 1 aromatic carbocycles. The van der Waals surface area contributed by atoms with E-state index < -0.39 is 0 Å². The zero-order valence-corrected chi connectivity index (χ0v) is 11.8. The van der Waals surface area contributed by atoms with Crippen LogP contribution in [0, 0.1) is 13.8 Å². The highest BCUT2D eigenvalue weighted by Crippen LogP contribution is 2.17. The highest BCUT2D eigenvalue weighted by molar-refractivity contribution is 5.93. The van der Waals surface area contributed by atoms with Crippen LogP contribution in [0.2, 0.25) is 0 Å². The van der Waals surface area contributed by atoms with E-state index in [2.05, 4.69) is 15.6 Å². The fourth-order valence-electron chi connectivity index (χ4n) is 1.89. The van der Waals surface area contributed by atoms with Crippen LogP contribution < -0.4 is 10.6 Å². The summed E-state index contributed by atoms with van der Waals surface area (Å²) >= 11 is 0. The number of carbonyl (C=O) groups excluding carboxylic acids is 1. The predicted molar refractivity (Wildman–Crippen MR) is 80.5 cm³/mol. The molecule has 2 rings (SSSR count). The van der Waals surface area contributed by atoms with Gasteiger partial charge in [0.25, 0.3) is 0 Å². The van der Waals surface area contributed by atoms with Gasteiger partial charge in [0.1, 0.15) is 0 Å². The molecule has 0 aliphatic carbocycles. The Kier molecular flexibility index (Phi) is 4.85. The molecule has 0 radical (unpaired) electrons. The summed E-state index contributed by atoms with van der Waals surface area (Å²) in [5.74, 6) is -0.0466. The monoisotopic (exact) mass is 269 g/mol. The average Bonchev–Trinajstić information content (AvgIpc) is 2.45. The molecule has 20 heavy (non-hydrogen) atoms. The van der Waals surface area contributed by atoms with Crippen molar-refractivity contribution >= 4 is 11.6 Å². The maximum atomic E-state index is 11.9. The van der Waals surface area contributed by atoms with E-state index in [1.165, 1.54) is 5.56 Å². The first-order chi connectivity index (χ1) is 9.66. The Morgan fingerprint density at radius 2 is 2.00 bits per heavy atom. The van der Waals surface area contributed by atoms with E-state index in [0.29, 0.717) is 6.54 Å². The quantitative estimate of drug-likeness (QED) is 0.876. The van der Waals surface area contributed by atoms with Crippen molar-refractivity contribution in [2.24, 2.45) is 0 Å². The summed E-state index contributed by atoms with van der Waals surface area (Å²) in [6, 6.07) is 11.6. The number of aromatic nitrogens is 1. The summed E-state index contributed by atoms with van der Waals surface area (Å²) < 4.78 is 0. The molecule has 1 heterocycles. The summed E-state index contributed by atoms with van der Waals surface area (Å²) in [6.07, 6.45) is 1.74. The Hall–Kier alpha value is -2.20. The molecule has 0 aliphatic rings. The third-order valence-corrected chi connectivity index (χ3v) is 3.20. The van der Waals surface area contributed by atoms with Crippen LogP contribution in [0.1, 0.15) is 16.8 Å². The van der Waals surface area contributed by atoms with Gasteiger partial charge >= 0.3 is 0 Å². The van der Waals surface area contributed by atoms with Gasteiger partial charge < -0.3 is 10.6 Å². The van der Waals surface area contributed by atoms with E-state index in [0.717, 1.165) is 16.9 Å². The standard InChI is InChI=1S/C16H19N3O/c1-12-6-5-8-15(13(12)2)19-16(20)11-17-10-14-7-3-4-9-18-14/h3-9,17H,10-11H2,1-2H3,(H,19,20). The lowest BCUT2D eigenvalue weighted by Gasteiger charge is -2.10. The lowest BCUT2D eigenvalue weighted by Crippen LogP contribution is -2.28. The Morgan fingerprint density at radius 1 is 1.15 bits per heavy atom. The topological polar surface area (TPSA) is 54.0 Å². The van der Waals surface area contributed by atoms with E-state index >= 15 is 0 Å². The van der Waals surface area contributed by atoms with Crippen molar-refractivity contribution < 1.29 is 4.79 Å². The van der Waals surface area contributed by atoms with Crippen LogP contribution in [-0.4, -0.2) is 17.4 Å². The number of pyridine rings is 1. The maximum absolute atomic E-state index is 11.9. The molecule has 2 aromatic rings. The molecule has 0 atom stereocenters. The molecule has 0 aliphatic heterocycles. The predicted octanol–water partition coefficient (Wildman–Crippen LogP) is 2.43. The first kappa shape index (κ1) is 14.2. The second-order valence-electron chi connectivity index (χ2n) is 4.72. The Balaban J connectivity index is 1.82. The third-order valence-electron chi connectivity index (χ3n) is 3.20. The molecule has 0 bridgehead atoms. The van der Waals surface area contributed by atoms with Gasteiger partial charge in [-0.25, -0.2) is 0 Å². The van der Waals surface area contributed by atoms with Gasteiger partial charge in [0.2, 0.25) is 5.91 Å². The number of aryl methyl sites for hydroxylation is 1. The first-order valence-electron chi connectivity index (χ1n) is 6.63. The van der Waals surface area contributed by atoms with Crippen molar-refractivity contribution in [3.63, 3.8) is 0 Å². The maximum Gasteiger partial charge on any atom is 0.238 e. The van der Waals surface area contributed by atoms with Crippen molar-refractivity contribution in [3.8, 4) is 0 Å². The van der Waals surface area contributed by atoms with Gasteiger partial charge in [-0.05, 0) is 43.2 Å². The smallest absolute Gasteiger partial charge is 0.238 e. The number of anilines is 1. The lowest BCUT2D eigenvalue weighted by atomic mass is 10.1. The Labute approximate surface area is 119 Å². The summed E-state index contributed by atoms with van der Waals surface area (Å²) in [5, 5.41) is 6.00. The van der Waals surface area contributed by atoms with Gasteiger partial charge in [-0.15, -0.1) is 0 Å². The van der Waals surface area contributed by atoms with Gasteiger partial charge in [-0.3, -0.25) is 9.78 Å². The van der Waals surface area contributed by atoms with Gasteiger partial charge in [-0.2, -0.15) is 0 Å². The molecule has 104 valence electrons. The van der Waals surface area contributed by atoms with E-state index in [4.69, 9.17) is 0 Å². The molecular formula is C16H19N3O. The van der Waals surface area contributed by atoms with Gasteiger partial charge in [0, 0.05) is 18.4 Å². The van der Waals surface area contributed by atoms with Gasteiger partial charge in [0.15, 0.2) is 0 Å². The summed E-state index contributed by atoms with van der Waals surface area (Å²) in [6.45, 7) is 4.89. The lowest BCUT2D eigenvalue weighted by molar-refractivity contribution is -0.115. The van der Waals surface area contributed by atoms with Gasteiger partial charge in [0.05, 0.1) is 12.2 Å². The third kappa shape index (κ3) is 3.90. The largest absolute Gasteiger partial charge is 0.325 e. The van der Waals surface area contributed by atoms with Crippen molar-refractivity contribution in [1.29, 1.82) is 0 Å². The van der Waals surface area contributed by atoms with Crippen molar-refractivity contribution in [3.05, 3.63) is 59.4 Å². The zero-order chi connectivity index (χ0) is 14.4. The normalized spacial score (nSPS) is 10.3. The van der Waals surface area contributed by atoms with Crippen LogP contribution in [0.3, 0.4) is 0 Å². The SMILES string of the molecule is Cc1cccc(NC(=O)CNCc2ccccn2)c1C.